The quantitative estimate of drug-likeness (QED) is 0.393. The van der Waals surface area contributed by atoms with Crippen LogP contribution in [0.25, 0.3) is 0 Å². The lowest BCUT2D eigenvalue weighted by molar-refractivity contribution is -0.136. The summed E-state index contributed by atoms with van der Waals surface area (Å²) < 4.78 is 6.53. The molecular weight excluding hydrogens is 570 g/mol. The van der Waals surface area contributed by atoms with E-state index in [1.807, 2.05) is 18.2 Å². The van der Waals surface area contributed by atoms with Gasteiger partial charge in [0.25, 0.3) is 17.7 Å². The van der Waals surface area contributed by atoms with Crippen LogP contribution in [0.1, 0.15) is 66.8 Å². The van der Waals surface area contributed by atoms with E-state index >= 15 is 0 Å². The third-order valence-corrected chi connectivity index (χ3v) is 9.02. The van der Waals surface area contributed by atoms with Gasteiger partial charge in [-0.15, -0.1) is 11.3 Å². The largest absolute Gasteiger partial charge is 0.488 e. The van der Waals surface area contributed by atoms with Crippen LogP contribution in [-0.2, 0) is 16.0 Å². The van der Waals surface area contributed by atoms with Crippen molar-refractivity contribution in [2.45, 2.75) is 37.8 Å². The molecule has 0 bridgehead atoms. The third-order valence-electron chi connectivity index (χ3n) is 8.26. The Labute approximate surface area is 252 Å². The first-order valence-corrected chi connectivity index (χ1v) is 15.1. The van der Waals surface area contributed by atoms with Crippen LogP contribution in [0.5, 0.6) is 5.75 Å². The number of amides is 5. The number of carbonyl (C=O) groups is 5. The number of hydrogen-bond donors (Lipinski definition) is 1. The summed E-state index contributed by atoms with van der Waals surface area (Å²) in [7, 11) is 1.52. The second kappa shape index (κ2) is 12.0. The fraction of sp³-hybridized carbons (Fsp3) is 0.355. The molecule has 2 atom stereocenters. The molecular formula is C31H31N5O6S. The monoisotopic (exact) mass is 601 g/mol. The van der Waals surface area contributed by atoms with Crippen LogP contribution in [0.4, 0.5) is 0 Å². The maximum absolute atomic E-state index is 13.5. The molecule has 1 aromatic heterocycles. The lowest BCUT2D eigenvalue weighted by atomic mass is 9.90. The summed E-state index contributed by atoms with van der Waals surface area (Å²) in [6.45, 7) is 1.26. The number of aromatic nitrogens is 1. The van der Waals surface area contributed by atoms with Crippen LogP contribution in [0.2, 0.25) is 0 Å². The lowest BCUT2D eigenvalue weighted by Crippen LogP contribution is -2.47. The van der Waals surface area contributed by atoms with Crippen molar-refractivity contribution in [3.63, 3.8) is 0 Å². The molecule has 0 saturated carbocycles. The second-order valence-electron chi connectivity index (χ2n) is 10.8. The zero-order valence-corrected chi connectivity index (χ0v) is 24.5. The lowest BCUT2D eigenvalue weighted by Gasteiger charge is -2.40. The first-order valence-electron chi connectivity index (χ1n) is 14.3. The van der Waals surface area contributed by atoms with Gasteiger partial charge in [-0.3, -0.25) is 33.9 Å². The van der Waals surface area contributed by atoms with E-state index in [0.29, 0.717) is 54.2 Å². The zero-order chi connectivity index (χ0) is 30.1. The van der Waals surface area contributed by atoms with E-state index in [9.17, 15) is 24.0 Å². The van der Waals surface area contributed by atoms with E-state index in [1.54, 1.807) is 45.8 Å². The summed E-state index contributed by atoms with van der Waals surface area (Å²) in [4.78, 5) is 74.3. The Morgan fingerprint density at radius 1 is 1.02 bits per heavy atom. The molecule has 12 heteroatoms. The number of benzene rings is 2. The highest BCUT2D eigenvalue weighted by atomic mass is 32.1. The number of hydrogen-bond acceptors (Lipinski definition) is 8. The maximum Gasteiger partial charge on any atom is 0.265 e. The van der Waals surface area contributed by atoms with E-state index < -0.39 is 17.9 Å². The van der Waals surface area contributed by atoms with Gasteiger partial charge in [-0.25, -0.2) is 0 Å². The van der Waals surface area contributed by atoms with Crippen molar-refractivity contribution in [1.82, 2.24) is 25.0 Å². The molecule has 11 nitrogen and oxygen atoms in total. The van der Waals surface area contributed by atoms with Crippen molar-refractivity contribution in [2.75, 3.05) is 33.2 Å². The number of imide groups is 1. The van der Waals surface area contributed by atoms with Gasteiger partial charge in [0.15, 0.2) is 0 Å². The highest BCUT2D eigenvalue weighted by molar-refractivity contribution is 7.11. The minimum Gasteiger partial charge on any atom is -0.488 e. The minimum absolute atomic E-state index is 0.00603. The van der Waals surface area contributed by atoms with Gasteiger partial charge in [-0.2, -0.15) is 0 Å². The van der Waals surface area contributed by atoms with Crippen LogP contribution >= 0.6 is 11.3 Å². The molecule has 43 heavy (non-hydrogen) atoms. The fourth-order valence-electron chi connectivity index (χ4n) is 6.06. The number of rotatable bonds is 8. The van der Waals surface area contributed by atoms with Gasteiger partial charge in [-0.1, -0.05) is 24.3 Å². The fourth-order valence-corrected chi connectivity index (χ4v) is 6.65. The Balaban J connectivity index is 1.29. The Morgan fingerprint density at radius 2 is 1.79 bits per heavy atom. The van der Waals surface area contributed by atoms with E-state index in [1.165, 1.54) is 23.3 Å². The molecule has 4 heterocycles. The van der Waals surface area contributed by atoms with E-state index in [2.05, 4.69) is 10.3 Å². The summed E-state index contributed by atoms with van der Waals surface area (Å²) >= 11 is 1.30. The van der Waals surface area contributed by atoms with Crippen molar-refractivity contribution in [1.29, 1.82) is 0 Å². The van der Waals surface area contributed by atoms with Gasteiger partial charge in [0.1, 0.15) is 16.7 Å². The first-order chi connectivity index (χ1) is 20.9. The van der Waals surface area contributed by atoms with Crippen LogP contribution in [0.15, 0.2) is 54.2 Å². The van der Waals surface area contributed by atoms with Gasteiger partial charge in [-0.05, 0) is 30.2 Å². The Kier molecular flexibility index (Phi) is 7.94. The van der Waals surface area contributed by atoms with Crippen molar-refractivity contribution < 1.29 is 28.7 Å². The molecule has 0 aliphatic carbocycles. The number of ether oxygens (including phenoxy) is 1. The van der Waals surface area contributed by atoms with Crippen molar-refractivity contribution >= 4 is 40.9 Å². The Hall–Kier alpha value is -4.58. The SMILES string of the molecule is CNC(=O)CCC(=O)N1CCc2cccc(O[C@H]3CCN(C(=O)c4cncs4)C3)c2[C@H]1CN1C(=O)c2ccccc2C1=O. The molecule has 3 aromatic rings. The number of carbonyl (C=O) groups excluding carboxylic acids is 5. The van der Waals surface area contributed by atoms with Gasteiger partial charge in [0.2, 0.25) is 11.8 Å². The molecule has 1 N–H and O–H groups in total. The highest BCUT2D eigenvalue weighted by Gasteiger charge is 2.42. The van der Waals surface area contributed by atoms with E-state index in [-0.39, 0.29) is 43.2 Å². The number of nitrogens with one attached hydrogen (secondary N) is 1. The predicted molar refractivity (Wildman–Crippen MR) is 157 cm³/mol. The summed E-state index contributed by atoms with van der Waals surface area (Å²) in [6, 6.07) is 11.7. The van der Waals surface area contributed by atoms with Gasteiger partial charge < -0.3 is 19.9 Å². The van der Waals surface area contributed by atoms with E-state index in [4.69, 9.17) is 4.74 Å². The predicted octanol–water partition coefficient (Wildman–Crippen LogP) is 2.68. The molecule has 2 aromatic carbocycles. The maximum atomic E-state index is 13.5. The van der Waals surface area contributed by atoms with Crippen LogP contribution in [0.3, 0.4) is 0 Å². The number of likely N-dealkylation sites (tertiary alicyclic amines) is 1. The molecule has 6 rings (SSSR count). The van der Waals surface area contributed by atoms with E-state index in [0.717, 1.165) is 11.1 Å². The Bertz CT molecular complexity index is 1560. The standard InChI is InChI=1S/C31H31N5O6S/c1-32-26(37)9-10-27(38)35-14-11-19-5-4-8-24(42-20-12-13-34(16-20)31(41)25-15-33-18-43-25)28(19)23(35)17-36-29(39)21-6-2-3-7-22(21)30(36)40/h2-8,15,18,20,23H,9-14,16-17H2,1H3,(H,32,37)/t20-,23+/m0/s1. The molecule has 222 valence electrons. The zero-order valence-electron chi connectivity index (χ0n) is 23.7. The van der Waals surface area contributed by atoms with Gasteiger partial charge >= 0.3 is 0 Å². The Morgan fingerprint density at radius 3 is 2.49 bits per heavy atom. The highest BCUT2D eigenvalue weighted by Crippen LogP contribution is 2.40. The molecule has 1 saturated heterocycles. The molecule has 5 amide bonds. The van der Waals surface area contributed by atoms with Gasteiger partial charge in [0, 0.05) is 45.0 Å². The normalized spacial score (nSPS) is 19.3. The average Bonchev–Trinajstić information content (AvgIpc) is 3.78. The number of thiazole rings is 1. The molecule has 0 radical (unpaired) electrons. The molecule has 3 aliphatic rings. The first kappa shape index (κ1) is 28.5. The third kappa shape index (κ3) is 5.50. The molecule has 1 fully saturated rings. The summed E-state index contributed by atoms with van der Waals surface area (Å²) in [6.07, 6.45) is 2.50. The summed E-state index contributed by atoms with van der Waals surface area (Å²) in [5.41, 5.74) is 4.00. The average molecular weight is 602 g/mol. The topological polar surface area (TPSA) is 129 Å². The molecule has 0 unspecified atom stereocenters. The summed E-state index contributed by atoms with van der Waals surface area (Å²) in [5, 5.41) is 2.54. The van der Waals surface area contributed by atoms with Crippen LogP contribution in [0, 0.1) is 0 Å². The molecule has 0 spiro atoms. The van der Waals surface area contributed by atoms with Crippen molar-refractivity contribution in [3.05, 3.63) is 81.3 Å². The number of nitrogens with zero attached hydrogens (tertiary/aromatic N) is 4. The summed E-state index contributed by atoms with van der Waals surface area (Å²) in [5.74, 6) is -0.827. The molecule has 3 aliphatic heterocycles. The van der Waals surface area contributed by atoms with Crippen molar-refractivity contribution in [2.24, 2.45) is 0 Å². The second-order valence-corrected chi connectivity index (χ2v) is 11.7. The van der Waals surface area contributed by atoms with Crippen LogP contribution < -0.4 is 10.1 Å². The smallest absolute Gasteiger partial charge is 0.265 e. The number of fused-ring (bicyclic) bond motifs is 2. The van der Waals surface area contributed by atoms with Crippen molar-refractivity contribution in [3.8, 4) is 5.75 Å². The minimum atomic E-state index is -0.671. The van der Waals surface area contributed by atoms with Gasteiger partial charge in [0.05, 0.1) is 42.0 Å². The van der Waals surface area contributed by atoms with Crippen LogP contribution in [-0.4, -0.2) is 88.6 Å².